The zero-order chi connectivity index (χ0) is 13.8. The molecule has 1 atom stereocenters. The molecule has 1 N–H and O–H groups in total. The quantitative estimate of drug-likeness (QED) is 0.914. The smallest absolute Gasteiger partial charge is 0.253 e. The molecule has 1 aromatic carbocycles. The van der Waals surface area contributed by atoms with Crippen LogP contribution < -0.4 is 5.32 Å². The lowest BCUT2D eigenvalue weighted by Crippen LogP contribution is -2.27. The van der Waals surface area contributed by atoms with Crippen LogP contribution in [0.4, 0.5) is 0 Å². The highest BCUT2D eigenvalue weighted by Gasteiger charge is 2.13. The van der Waals surface area contributed by atoms with Crippen molar-refractivity contribution < 1.29 is 4.79 Å². The van der Waals surface area contributed by atoms with Gasteiger partial charge in [0.15, 0.2) is 0 Å². The van der Waals surface area contributed by atoms with Crippen LogP contribution in [0.1, 0.15) is 40.0 Å². The first kappa shape index (κ1) is 13.3. The van der Waals surface area contributed by atoms with Gasteiger partial charge in [-0.3, -0.25) is 9.78 Å². The second kappa shape index (κ2) is 5.65. The molecule has 2 rings (SSSR count). The predicted molar refractivity (Wildman–Crippen MR) is 76.0 cm³/mol. The summed E-state index contributed by atoms with van der Waals surface area (Å²) in [4.78, 5) is 16.0. The Bertz CT molecular complexity index is 579. The van der Waals surface area contributed by atoms with Gasteiger partial charge in [-0.2, -0.15) is 0 Å². The van der Waals surface area contributed by atoms with Crippen LogP contribution in [0, 0.1) is 13.8 Å². The second-order valence-electron chi connectivity index (χ2n) is 4.80. The normalized spacial score (nSPS) is 11.9. The third-order valence-electron chi connectivity index (χ3n) is 3.16. The maximum Gasteiger partial charge on any atom is 0.253 e. The van der Waals surface area contributed by atoms with Crippen molar-refractivity contribution in [2.75, 3.05) is 0 Å². The van der Waals surface area contributed by atoms with Crippen molar-refractivity contribution in [1.29, 1.82) is 0 Å². The molecule has 0 aliphatic rings. The van der Waals surface area contributed by atoms with E-state index >= 15 is 0 Å². The van der Waals surface area contributed by atoms with Gasteiger partial charge in [-0.25, -0.2) is 0 Å². The molecule has 19 heavy (non-hydrogen) atoms. The maximum atomic E-state index is 12.1. The average molecular weight is 254 g/mol. The average Bonchev–Trinajstić information content (AvgIpc) is 2.39. The highest BCUT2D eigenvalue weighted by Crippen LogP contribution is 2.18. The van der Waals surface area contributed by atoms with Gasteiger partial charge in [-0.05, 0) is 44.0 Å². The van der Waals surface area contributed by atoms with Crippen molar-refractivity contribution in [1.82, 2.24) is 10.3 Å². The van der Waals surface area contributed by atoms with E-state index in [1.165, 1.54) is 11.1 Å². The lowest BCUT2D eigenvalue weighted by Gasteiger charge is -2.17. The number of rotatable bonds is 3. The maximum absolute atomic E-state index is 12.1. The molecule has 1 amide bonds. The molecular weight excluding hydrogens is 236 g/mol. The summed E-state index contributed by atoms with van der Waals surface area (Å²) in [6.45, 7) is 6.12. The highest BCUT2D eigenvalue weighted by molar-refractivity contribution is 5.94. The number of carbonyl (C=O) groups is 1. The van der Waals surface area contributed by atoms with Crippen LogP contribution in [0.2, 0.25) is 0 Å². The molecule has 0 aliphatic heterocycles. The fourth-order valence-electron chi connectivity index (χ4n) is 2.17. The molecule has 0 spiro atoms. The summed E-state index contributed by atoms with van der Waals surface area (Å²) in [5.74, 6) is -0.0967. The fraction of sp³-hybridized carbons (Fsp3) is 0.250. The van der Waals surface area contributed by atoms with Gasteiger partial charge in [0.1, 0.15) is 0 Å². The SMILES string of the molecule is Cc1ccc([C@@H](C)NC(=O)c2cccnc2)c(C)c1. The van der Waals surface area contributed by atoms with E-state index in [9.17, 15) is 4.79 Å². The number of nitrogens with one attached hydrogen (secondary N) is 1. The first-order chi connectivity index (χ1) is 9.08. The van der Waals surface area contributed by atoms with Gasteiger partial charge in [0, 0.05) is 12.4 Å². The molecule has 3 heteroatoms. The molecule has 0 fully saturated rings. The summed E-state index contributed by atoms with van der Waals surface area (Å²) in [5.41, 5.74) is 4.15. The number of aryl methyl sites for hydroxylation is 2. The molecule has 2 aromatic rings. The Labute approximate surface area is 113 Å². The largest absolute Gasteiger partial charge is 0.345 e. The molecule has 0 aliphatic carbocycles. The van der Waals surface area contributed by atoms with Crippen molar-refractivity contribution in [3.8, 4) is 0 Å². The predicted octanol–water partition coefficient (Wildman–Crippen LogP) is 3.19. The summed E-state index contributed by atoms with van der Waals surface area (Å²) in [6, 6.07) is 9.76. The number of pyridine rings is 1. The minimum Gasteiger partial charge on any atom is -0.345 e. The summed E-state index contributed by atoms with van der Waals surface area (Å²) in [6.07, 6.45) is 3.23. The third kappa shape index (κ3) is 3.19. The van der Waals surface area contributed by atoms with E-state index in [-0.39, 0.29) is 11.9 Å². The monoisotopic (exact) mass is 254 g/mol. The van der Waals surface area contributed by atoms with E-state index < -0.39 is 0 Å². The molecule has 3 nitrogen and oxygen atoms in total. The number of carbonyl (C=O) groups excluding carboxylic acids is 1. The summed E-state index contributed by atoms with van der Waals surface area (Å²) in [5, 5.41) is 2.99. The van der Waals surface area contributed by atoms with Crippen LogP contribution in [0.3, 0.4) is 0 Å². The van der Waals surface area contributed by atoms with E-state index in [1.54, 1.807) is 24.5 Å². The van der Waals surface area contributed by atoms with E-state index in [0.29, 0.717) is 5.56 Å². The van der Waals surface area contributed by atoms with Crippen molar-refractivity contribution in [2.24, 2.45) is 0 Å². The van der Waals surface area contributed by atoms with E-state index in [4.69, 9.17) is 0 Å². The Morgan fingerprint density at radius 3 is 2.68 bits per heavy atom. The summed E-state index contributed by atoms with van der Waals surface area (Å²) >= 11 is 0. The zero-order valence-corrected chi connectivity index (χ0v) is 11.5. The molecule has 0 saturated heterocycles. The number of hydrogen-bond donors (Lipinski definition) is 1. The summed E-state index contributed by atoms with van der Waals surface area (Å²) < 4.78 is 0. The van der Waals surface area contributed by atoms with Crippen LogP contribution in [0.5, 0.6) is 0 Å². The van der Waals surface area contributed by atoms with Crippen molar-refractivity contribution >= 4 is 5.91 Å². The van der Waals surface area contributed by atoms with Gasteiger partial charge in [-0.15, -0.1) is 0 Å². The Morgan fingerprint density at radius 2 is 2.05 bits per heavy atom. The lowest BCUT2D eigenvalue weighted by molar-refractivity contribution is 0.0939. The van der Waals surface area contributed by atoms with E-state index in [0.717, 1.165) is 5.56 Å². The Morgan fingerprint density at radius 1 is 1.26 bits per heavy atom. The van der Waals surface area contributed by atoms with Gasteiger partial charge in [0.2, 0.25) is 0 Å². The van der Waals surface area contributed by atoms with Crippen LogP contribution in [0.25, 0.3) is 0 Å². The van der Waals surface area contributed by atoms with E-state index in [2.05, 4.69) is 42.3 Å². The Hall–Kier alpha value is -2.16. The van der Waals surface area contributed by atoms with Crippen LogP contribution in [0.15, 0.2) is 42.7 Å². The first-order valence-corrected chi connectivity index (χ1v) is 6.36. The van der Waals surface area contributed by atoms with Crippen molar-refractivity contribution in [2.45, 2.75) is 26.8 Å². The minimum absolute atomic E-state index is 0.0201. The number of nitrogens with zero attached hydrogens (tertiary/aromatic N) is 1. The Balaban J connectivity index is 2.13. The molecule has 0 bridgehead atoms. The van der Waals surface area contributed by atoms with E-state index in [1.807, 2.05) is 6.92 Å². The van der Waals surface area contributed by atoms with Gasteiger partial charge < -0.3 is 5.32 Å². The molecule has 0 radical (unpaired) electrons. The number of aromatic nitrogens is 1. The van der Waals surface area contributed by atoms with Crippen LogP contribution >= 0.6 is 0 Å². The molecular formula is C16H18N2O. The molecule has 98 valence electrons. The van der Waals surface area contributed by atoms with Crippen molar-refractivity contribution in [3.63, 3.8) is 0 Å². The van der Waals surface area contributed by atoms with Crippen LogP contribution in [-0.2, 0) is 0 Å². The summed E-state index contributed by atoms with van der Waals surface area (Å²) in [7, 11) is 0. The number of benzene rings is 1. The van der Waals surface area contributed by atoms with Gasteiger partial charge >= 0.3 is 0 Å². The third-order valence-corrected chi connectivity index (χ3v) is 3.16. The molecule has 1 heterocycles. The number of hydrogen-bond acceptors (Lipinski definition) is 2. The van der Waals surface area contributed by atoms with Gasteiger partial charge in [-0.1, -0.05) is 23.8 Å². The van der Waals surface area contributed by atoms with Crippen molar-refractivity contribution in [3.05, 3.63) is 65.0 Å². The molecule has 0 unspecified atom stereocenters. The minimum atomic E-state index is -0.0967. The fourth-order valence-corrected chi connectivity index (χ4v) is 2.17. The standard InChI is InChI=1S/C16H18N2O/c1-11-6-7-15(12(2)9-11)13(3)18-16(19)14-5-4-8-17-10-14/h4-10,13H,1-3H3,(H,18,19)/t13-/m1/s1. The Kier molecular flexibility index (Phi) is 3.95. The zero-order valence-electron chi connectivity index (χ0n) is 11.5. The van der Waals surface area contributed by atoms with Crippen LogP contribution in [-0.4, -0.2) is 10.9 Å². The van der Waals surface area contributed by atoms with Gasteiger partial charge in [0.05, 0.1) is 11.6 Å². The topological polar surface area (TPSA) is 42.0 Å². The van der Waals surface area contributed by atoms with Gasteiger partial charge in [0.25, 0.3) is 5.91 Å². The molecule has 0 saturated carbocycles. The highest BCUT2D eigenvalue weighted by atomic mass is 16.1. The number of amides is 1. The lowest BCUT2D eigenvalue weighted by atomic mass is 10.00. The first-order valence-electron chi connectivity index (χ1n) is 6.36. The molecule has 1 aromatic heterocycles. The second-order valence-corrected chi connectivity index (χ2v) is 4.80.